The standard InChI is InChI=1S/C8H12N2O2S.C3H4N2S/c1-8(2,3)12-7(11)10-6-9-4-5-13-6;4-3-5-1-2-6-3/h4-5H,1-3H3,(H,9,10,11);1-2H,(H2,4,5). The van der Waals surface area contributed by atoms with Gasteiger partial charge in [-0.1, -0.05) is 0 Å². The summed E-state index contributed by atoms with van der Waals surface area (Å²) in [6, 6.07) is 0. The van der Waals surface area contributed by atoms with Crippen molar-refractivity contribution >= 4 is 39.0 Å². The van der Waals surface area contributed by atoms with Gasteiger partial charge in [0, 0.05) is 23.2 Å². The van der Waals surface area contributed by atoms with Gasteiger partial charge in [-0.2, -0.15) is 0 Å². The molecule has 6 nitrogen and oxygen atoms in total. The molecular formula is C11H16N4O2S2. The lowest BCUT2D eigenvalue weighted by atomic mass is 10.2. The fourth-order valence-corrected chi connectivity index (χ4v) is 1.81. The van der Waals surface area contributed by atoms with E-state index in [1.54, 1.807) is 17.8 Å². The van der Waals surface area contributed by atoms with Crippen LogP contribution >= 0.6 is 22.7 Å². The predicted molar refractivity (Wildman–Crippen MR) is 78.5 cm³/mol. The Labute approximate surface area is 119 Å². The van der Waals surface area contributed by atoms with Gasteiger partial charge in [0.25, 0.3) is 0 Å². The molecule has 0 aromatic carbocycles. The number of carbonyl (C=O) groups is 1. The number of nitrogens with two attached hydrogens (primary N) is 1. The summed E-state index contributed by atoms with van der Waals surface area (Å²) >= 11 is 2.80. The van der Waals surface area contributed by atoms with Gasteiger partial charge in [0.1, 0.15) is 5.60 Å². The molecule has 1 amide bonds. The van der Waals surface area contributed by atoms with Gasteiger partial charge in [0.15, 0.2) is 10.3 Å². The number of nitrogens with zero attached hydrogens (tertiary/aromatic N) is 2. The molecule has 3 N–H and O–H groups in total. The second-order valence-electron chi connectivity index (χ2n) is 4.33. The van der Waals surface area contributed by atoms with Gasteiger partial charge < -0.3 is 10.5 Å². The van der Waals surface area contributed by atoms with E-state index in [9.17, 15) is 4.79 Å². The molecule has 0 saturated heterocycles. The maximum absolute atomic E-state index is 11.2. The molecule has 8 heteroatoms. The van der Waals surface area contributed by atoms with Crippen molar-refractivity contribution in [2.24, 2.45) is 0 Å². The first-order valence-electron chi connectivity index (χ1n) is 5.41. The predicted octanol–water partition coefficient (Wildman–Crippen LogP) is 3.22. The molecule has 19 heavy (non-hydrogen) atoms. The van der Waals surface area contributed by atoms with Crippen LogP contribution in [0.15, 0.2) is 23.2 Å². The van der Waals surface area contributed by atoms with Crippen LogP contribution in [0.3, 0.4) is 0 Å². The van der Waals surface area contributed by atoms with Crippen LogP contribution in [0.1, 0.15) is 20.8 Å². The zero-order valence-corrected chi connectivity index (χ0v) is 12.5. The van der Waals surface area contributed by atoms with Crippen molar-refractivity contribution in [1.29, 1.82) is 0 Å². The second-order valence-corrected chi connectivity index (χ2v) is 6.16. The van der Waals surface area contributed by atoms with E-state index in [1.807, 2.05) is 26.2 Å². The molecule has 0 atom stereocenters. The highest BCUT2D eigenvalue weighted by Crippen LogP contribution is 2.13. The smallest absolute Gasteiger partial charge is 0.413 e. The Kier molecular flexibility index (Phi) is 5.71. The van der Waals surface area contributed by atoms with Gasteiger partial charge >= 0.3 is 6.09 Å². The number of anilines is 2. The summed E-state index contributed by atoms with van der Waals surface area (Å²) in [5.74, 6) is 0. The Morgan fingerprint density at radius 2 is 1.89 bits per heavy atom. The molecular weight excluding hydrogens is 284 g/mol. The number of ether oxygens (including phenoxy) is 1. The van der Waals surface area contributed by atoms with Crippen molar-refractivity contribution in [3.63, 3.8) is 0 Å². The first kappa shape index (κ1) is 15.4. The third-order valence-corrected chi connectivity index (χ3v) is 2.78. The number of hydrogen-bond acceptors (Lipinski definition) is 7. The molecule has 2 heterocycles. The number of hydrogen-bond donors (Lipinski definition) is 2. The minimum absolute atomic E-state index is 0.470. The number of thiazole rings is 2. The molecule has 2 aromatic heterocycles. The van der Waals surface area contributed by atoms with E-state index in [-0.39, 0.29) is 0 Å². The summed E-state index contributed by atoms with van der Waals surface area (Å²) < 4.78 is 5.03. The summed E-state index contributed by atoms with van der Waals surface area (Å²) in [6.07, 6.45) is 2.83. The number of rotatable bonds is 1. The Balaban J connectivity index is 0.000000250. The molecule has 0 aliphatic heterocycles. The average Bonchev–Trinajstić information content (AvgIpc) is 2.89. The SMILES string of the molecule is CC(C)(C)OC(=O)Nc1nccs1.Nc1nccs1. The van der Waals surface area contributed by atoms with Crippen molar-refractivity contribution in [1.82, 2.24) is 9.97 Å². The van der Waals surface area contributed by atoms with E-state index < -0.39 is 11.7 Å². The van der Waals surface area contributed by atoms with Crippen LogP contribution in [0.25, 0.3) is 0 Å². The third kappa shape index (κ3) is 7.37. The number of nitrogen functional groups attached to an aromatic ring is 1. The summed E-state index contributed by atoms with van der Waals surface area (Å²) in [5.41, 5.74) is 4.71. The van der Waals surface area contributed by atoms with E-state index in [0.717, 1.165) is 0 Å². The first-order valence-corrected chi connectivity index (χ1v) is 7.17. The quantitative estimate of drug-likeness (QED) is 0.844. The van der Waals surface area contributed by atoms with E-state index in [4.69, 9.17) is 10.5 Å². The molecule has 0 unspecified atom stereocenters. The van der Waals surface area contributed by atoms with Crippen LogP contribution in [-0.4, -0.2) is 21.7 Å². The highest BCUT2D eigenvalue weighted by atomic mass is 32.1. The van der Waals surface area contributed by atoms with Crippen molar-refractivity contribution in [3.05, 3.63) is 23.2 Å². The monoisotopic (exact) mass is 300 g/mol. The van der Waals surface area contributed by atoms with Gasteiger partial charge in [-0.25, -0.2) is 14.8 Å². The van der Waals surface area contributed by atoms with Crippen LogP contribution in [0.2, 0.25) is 0 Å². The van der Waals surface area contributed by atoms with Crippen LogP contribution in [-0.2, 0) is 4.74 Å². The molecule has 0 aliphatic rings. The summed E-state index contributed by atoms with van der Waals surface area (Å²) in [6.45, 7) is 5.44. The lowest BCUT2D eigenvalue weighted by Crippen LogP contribution is -2.27. The number of aromatic nitrogens is 2. The van der Waals surface area contributed by atoms with Crippen molar-refractivity contribution in [3.8, 4) is 0 Å². The highest BCUT2D eigenvalue weighted by Gasteiger charge is 2.16. The maximum Gasteiger partial charge on any atom is 0.413 e. The van der Waals surface area contributed by atoms with Crippen molar-refractivity contribution in [2.45, 2.75) is 26.4 Å². The molecule has 0 saturated carbocycles. The van der Waals surface area contributed by atoms with E-state index in [2.05, 4.69) is 15.3 Å². The van der Waals surface area contributed by atoms with Crippen molar-refractivity contribution in [2.75, 3.05) is 11.1 Å². The lowest BCUT2D eigenvalue weighted by molar-refractivity contribution is 0.0636. The van der Waals surface area contributed by atoms with Crippen LogP contribution in [0.5, 0.6) is 0 Å². The summed E-state index contributed by atoms with van der Waals surface area (Å²) in [5, 5.41) is 7.34. The number of nitrogens with one attached hydrogen (secondary N) is 1. The highest BCUT2D eigenvalue weighted by molar-refractivity contribution is 7.13. The van der Waals surface area contributed by atoms with Gasteiger partial charge in [-0.3, -0.25) is 5.32 Å². The van der Waals surface area contributed by atoms with Gasteiger partial charge in [-0.05, 0) is 20.8 Å². The van der Waals surface area contributed by atoms with E-state index in [0.29, 0.717) is 10.3 Å². The van der Waals surface area contributed by atoms with Gasteiger partial charge in [-0.15, -0.1) is 22.7 Å². The topological polar surface area (TPSA) is 90.1 Å². The minimum Gasteiger partial charge on any atom is -0.444 e. The number of carbonyl (C=O) groups excluding carboxylic acids is 1. The molecule has 0 bridgehead atoms. The average molecular weight is 300 g/mol. The largest absolute Gasteiger partial charge is 0.444 e. The Hall–Kier alpha value is -1.67. The molecule has 0 spiro atoms. The van der Waals surface area contributed by atoms with Gasteiger partial charge in [0.2, 0.25) is 0 Å². The molecule has 2 aromatic rings. The lowest BCUT2D eigenvalue weighted by Gasteiger charge is -2.18. The van der Waals surface area contributed by atoms with Crippen LogP contribution in [0.4, 0.5) is 15.1 Å². The third-order valence-electron chi connectivity index (χ3n) is 1.49. The fraction of sp³-hybridized carbons (Fsp3) is 0.364. The molecule has 0 radical (unpaired) electrons. The Bertz CT molecular complexity index is 477. The molecule has 0 aliphatic carbocycles. The molecule has 104 valence electrons. The van der Waals surface area contributed by atoms with Crippen LogP contribution < -0.4 is 11.1 Å². The van der Waals surface area contributed by atoms with Gasteiger partial charge in [0.05, 0.1) is 0 Å². The zero-order valence-electron chi connectivity index (χ0n) is 10.9. The van der Waals surface area contributed by atoms with E-state index >= 15 is 0 Å². The number of amides is 1. The van der Waals surface area contributed by atoms with E-state index in [1.165, 1.54) is 22.7 Å². The fourth-order valence-electron chi connectivity index (χ4n) is 0.911. The zero-order chi connectivity index (χ0) is 14.3. The summed E-state index contributed by atoms with van der Waals surface area (Å²) in [4.78, 5) is 18.8. The first-order chi connectivity index (χ1) is 8.87. The van der Waals surface area contributed by atoms with Crippen LogP contribution in [0, 0.1) is 0 Å². The minimum atomic E-state index is -0.471. The Morgan fingerprint density at radius 3 is 2.26 bits per heavy atom. The molecule has 2 rings (SSSR count). The molecule has 0 fully saturated rings. The second kappa shape index (κ2) is 7.05. The Morgan fingerprint density at radius 1 is 1.26 bits per heavy atom. The van der Waals surface area contributed by atoms with Crippen molar-refractivity contribution < 1.29 is 9.53 Å². The maximum atomic E-state index is 11.2. The summed E-state index contributed by atoms with van der Waals surface area (Å²) in [7, 11) is 0. The normalized spacial score (nSPS) is 10.3.